The SMILES string of the molecule is O=C(COC(=O)c1cccs1)NC(=O)c1ccc(OC(F)F)cc1. The summed E-state index contributed by atoms with van der Waals surface area (Å²) in [4.78, 5) is 35.3. The molecule has 6 nitrogen and oxygen atoms in total. The molecule has 0 aliphatic heterocycles. The molecule has 126 valence electrons. The lowest BCUT2D eigenvalue weighted by atomic mass is 10.2. The second-order valence-corrected chi connectivity index (χ2v) is 5.28. The van der Waals surface area contributed by atoms with E-state index in [1.54, 1.807) is 17.5 Å². The van der Waals surface area contributed by atoms with E-state index in [9.17, 15) is 23.2 Å². The van der Waals surface area contributed by atoms with Gasteiger partial charge in [0, 0.05) is 5.56 Å². The van der Waals surface area contributed by atoms with Gasteiger partial charge < -0.3 is 9.47 Å². The highest BCUT2D eigenvalue weighted by atomic mass is 32.1. The summed E-state index contributed by atoms with van der Waals surface area (Å²) >= 11 is 1.16. The monoisotopic (exact) mass is 355 g/mol. The fraction of sp³-hybridized carbons (Fsp3) is 0.133. The van der Waals surface area contributed by atoms with Gasteiger partial charge in [-0.1, -0.05) is 6.07 Å². The number of amides is 2. The summed E-state index contributed by atoms with van der Waals surface area (Å²) in [6.07, 6.45) is 0. The number of ether oxygens (including phenoxy) is 2. The van der Waals surface area contributed by atoms with Crippen molar-refractivity contribution in [1.29, 1.82) is 0 Å². The fourth-order valence-corrected chi connectivity index (χ4v) is 2.24. The van der Waals surface area contributed by atoms with Gasteiger partial charge in [-0.05, 0) is 35.7 Å². The molecule has 0 bridgehead atoms. The van der Waals surface area contributed by atoms with Crippen LogP contribution in [0.3, 0.4) is 0 Å². The lowest BCUT2D eigenvalue weighted by Gasteiger charge is -2.07. The first-order valence-corrected chi connectivity index (χ1v) is 7.43. The van der Waals surface area contributed by atoms with E-state index in [-0.39, 0.29) is 11.3 Å². The molecule has 0 fully saturated rings. The van der Waals surface area contributed by atoms with Gasteiger partial charge in [-0.2, -0.15) is 8.78 Å². The molecule has 9 heteroatoms. The van der Waals surface area contributed by atoms with Crippen LogP contribution in [0, 0.1) is 0 Å². The molecule has 2 aromatic rings. The first-order valence-electron chi connectivity index (χ1n) is 6.55. The Morgan fingerprint density at radius 3 is 2.42 bits per heavy atom. The van der Waals surface area contributed by atoms with Crippen LogP contribution in [0.5, 0.6) is 5.75 Å². The standard InChI is InChI=1S/C15H11F2NO5S/c16-15(17)23-10-5-3-9(4-6-10)13(20)18-12(19)8-22-14(21)11-2-1-7-24-11/h1-7,15H,8H2,(H,18,19,20). The lowest BCUT2D eigenvalue weighted by molar-refractivity contribution is -0.123. The van der Waals surface area contributed by atoms with Crippen molar-refractivity contribution in [3.05, 3.63) is 52.2 Å². The Labute approximate surface area is 139 Å². The molecule has 1 N–H and O–H groups in total. The van der Waals surface area contributed by atoms with E-state index in [2.05, 4.69) is 4.74 Å². The van der Waals surface area contributed by atoms with Crippen LogP contribution in [-0.2, 0) is 9.53 Å². The number of esters is 1. The Morgan fingerprint density at radius 1 is 1.12 bits per heavy atom. The summed E-state index contributed by atoms with van der Waals surface area (Å²) in [7, 11) is 0. The molecule has 0 saturated carbocycles. The summed E-state index contributed by atoms with van der Waals surface area (Å²) in [5.74, 6) is -2.34. The molecule has 0 unspecified atom stereocenters. The molecule has 0 aliphatic rings. The highest BCUT2D eigenvalue weighted by molar-refractivity contribution is 7.11. The molecular formula is C15H11F2NO5S. The van der Waals surface area contributed by atoms with Gasteiger partial charge in [0.25, 0.3) is 11.8 Å². The van der Waals surface area contributed by atoms with E-state index < -0.39 is 31.0 Å². The average molecular weight is 355 g/mol. The van der Waals surface area contributed by atoms with Gasteiger partial charge >= 0.3 is 12.6 Å². The van der Waals surface area contributed by atoms with Crippen molar-refractivity contribution >= 4 is 29.1 Å². The molecule has 1 heterocycles. The van der Waals surface area contributed by atoms with Crippen LogP contribution >= 0.6 is 11.3 Å². The molecule has 0 aliphatic carbocycles. The quantitative estimate of drug-likeness (QED) is 0.805. The minimum Gasteiger partial charge on any atom is -0.451 e. The van der Waals surface area contributed by atoms with E-state index in [0.717, 1.165) is 11.3 Å². The van der Waals surface area contributed by atoms with E-state index in [0.29, 0.717) is 4.88 Å². The van der Waals surface area contributed by atoms with Crippen molar-refractivity contribution in [1.82, 2.24) is 5.32 Å². The maximum absolute atomic E-state index is 12.0. The molecule has 1 aromatic carbocycles. The molecule has 1 aromatic heterocycles. The van der Waals surface area contributed by atoms with Gasteiger partial charge in [0.1, 0.15) is 10.6 Å². The van der Waals surface area contributed by atoms with E-state index in [1.165, 1.54) is 24.3 Å². The Hall–Kier alpha value is -2.81. The van der Waals surface area contributed by atoms with Crippen LogP contribution in [0.15, 0.2) is 41.8 Å². The van der Waals surface area contributed by atoms with Crippen LogP contribution < -0.4 is 10.1 Å². The van der Waals surface area contributed by atoms with Gasteiger partial charge in [-0.25, -0.2) is 4.79 Å². The largest absolute Gasteiger partial charge is 0.451 e. The maximum atomic E-state index is 12.0. The molecular weight excluding hydrogens is 344 g/mol. The number of benzene rings is 1. The fourth-order valence-electron chi connectivity index (χ4n) is 1.62. The Morgan fingerprint density at radius 2 is 1.83 bits per heavy atom. The maximum Gasteiger partial charge on any atom is 0.387 e. The highest BCUT2D eigenvalue weighted by Crippen LogP contribution is 2.15. The third-order valence-corrected chi connectivity index (χ3v) is 3.50. The molecule has 24 heavy (non-hydrogen) atoms. The van der Waals surface area contributed by atoms with Crippen molar-refractivity contribution in [2.75, 3.05) is 6.61 Å². The summed E-state index contributed by atoms with van der Waals surface area (Å²) < 4.78 is 32.9. The molecule has 0 spiro atoms. The van der Waals surface area contributed by atoms with E-state index >= 15 is 0 Å². The van der Waals surface area contributed by atoms with Crippen LogP contribution in [-0.4, -0.2) is 31.0 Å². The van der Waals surface area contributed by atoms with Crippen molar-refractivity contribution < 1.29 is 32.6 Å². The topological polar surface area (TPSA) is 81.7 Å². The number of carbonyl (C=O) groups excluding carboxylic acids is 3. The van der Waals surface area contributed by atoms with Crippen molar-refractivity contribution in [3.8, 4) is 5.75 Å². The van der Waals surface area contributed by atoms with Crippen LogP contribution in [0.2, 0.25) is 0 Å². The third kappa shape index (κ3) is 5.13. The van der Waals surface area contributed by atoms with Crippen LogP contribution in [0.4, 0.5) is 8.78 Å². The Kier molecular flexibility index (Phi) is 5.96. The lowest BCUT2D eigenvalue weighted by Crippen LogP contribution is -2.34. The summed E-state index contributed by atoms with van der Waals surface area (Å²) in [5.41, 5.74) is 0.0644. The highest BCUT2D eigenvalue weighted by Gasteiger charge is 2.14. The van der Waals surface area contributed by atoms with Gasteiger partial charge in [0.2, 0.25) is 0 Å². The number of carbonyl (C=O) groups is 3. The Bertz CT molecular complexity index is 716. The number of hydrogen-bond donors (Lipinski definition) is 1. The van der Waals surface area contributed by atoms with E-state index in [4.69, 9.17) is 4.74 Å². The predicted octanol–water partition coefficient (Wildman–Crippen LogP) is 2.46. The summed E-state index contributed by atoms with van der Waals surface area (Å²) in [6, 6.07) is 7.98. The predicted molar refractivity (Wildman–Crippen MR) is 80.1 cm³/mol. The Balaban J connectivity index is 1.82. The zero-order chi connectivity index (χ0) is 17.5. The second kappa shape index (κ2) is 8.16. The van der Waals surface area contributed by atoms with Crippen molar-refractivity contribution in [2.24, 2.45) is 0 Å². The van der Waals surface area contributed by atoms with Crippen LogP contribution in [0.25, 0.3) is 0 Å². The second-order valence-electron chi connectivity index (χ2n) is 4.33. The normalized spacial score (nSPS) is 10.3. The first kappa shape index (κ1) is 17.5. The number of alkyl halides is 2. The molecule has 2 rings (SSSR count). The molecule has 2 amide bonds. The van der Waals surface area contributed by atoms with Crippen molar-refractivity contribution in [3.63, 3.8) is 0 Å². The van der Waals surface area contributed by atoms with Gasteiger partial charge in [0.15, 0.2) is 6.61 Å². The summed E-state index contributed by atoms with van der Waals surface area (Å²) in [6.45, 7) is -3.58. The van der Waals surface area contributed by atoms with Gasteiger partial charge in [-0.15, -0.1) is 11.3 Å². The van der Waals surface area contributed by atoms with Gasteiger partial charge in [0.05, 0.1) is 0 Å². The zero-order valence-corrected chi connectivity index (χ0v) is 12.8. The van der Waals surface area contributed by atoms with Crippen molar-refractivity contribution in [2.45, 2.75) is 6.61 Å². The zero-order valence-electron chi connectivity index (χ0n) is 12.0. The minimum absolute atomic E-state index is 0.0644. The van der Waals surface area contributed by atoms with Crippen LogP contribution in [0.1, 0.15) is 20.0 Å². The molecule has 0 saturated heterocycles. The number of hydrogen-bond acceptors (Lipinski definition) is 6. The summed E-state index contributed by atoms with van der Waals surface area (Å²) in [5, 5.41) is 3.70. The number of nitrogens with one attached hydrogen (secondary N) is 1. The number of rotatable bonds is 6. The number of thiophene rings is 1. The van der Waals surface area contributed by atoms with Gasteiger partial charge in [-0.3, -0.25) is 14.9 Å². The number of imide groups is 1. The smallest absolute Gasteiger partial charge is 0.387 e. The molecule has 0 atom stereocenters. The minimum atomic E-state index is -2.97. The first-order chi connectivity index (χ1) is 11.5. The third-order valence-electron chi connectivity index (χ3n) is 2.65. The van der Waals surface area contributed by atoms with E-state index in [1.807, 2.05) is 5.32 Å². The average Bonchev–Trinajstić information content (AvgIpc) is 3.07. The number of halogens is 2. The molecule has 0 radical (unpaired) electrons.